The molecule has 1 atom stereocenters. The summed E-state index contributed by atoms with van der Waals surface area (Å²) in [5.41, 5.74) is 6.75. The molecule has 0 fully saturated rings. The normalized spacial score (nSPS) is 12.3. The van der Waals surface area contributed by atoms with Gasteiger partial charge in [-0.3, -0.25) is 0 Å². The van der Waals surface area contributed by atoms with Gasteiger partial charge in [-0.2, -0.15) is 10.2 Å². The van der Waals surface area contributed by atoms with Gasteiger partial charge in [-0.1, -0.05) is 37.3 Å². The molecule has 0 N–H and O–H groups in total. The number of ether oxygens (including phenoxy) is 1. The standard InChI is InChI=1S/C25H27N3O/c1-6-29-22-14-12-21(13-15-22)28-18(4)23-17(3)26-27-25(24(23)19(28)5)16(2)20-10-8-7-9-11-20/h7-16H,6H2,1-5H3. The lowest BCUT2D eigenvalue weighted by Crippen LogP contribution is -2.03. The fourth-order valence-electron chi connectivity index (χ4n) is 4.27. The van der Waals surface area contributed by atoms with Crippen molar-refractivity contribution in [1.29, 1.82) is 0 Å². The molecule has 2 heterocycles. The summed E-state index contributed by atoms with van der Waals surface area (Å²) in [5, 5.41) is 11.6. The molecule has 0 spiro atoms. The van der Waals surface area contributed by atoms with Gasteiger partial charge in [-0.25, -0.2) is 0 Å². The van der Waals surface area contributed by atoms with Gasteiger partial charge in [0.25, 0.3) is 0 Å². The topological polar surface area (TPSA) is 39.9 Å². The van der Waals surface area contributed by atoms with Crippen molar-refractivity contribution >= 4 is 10.8 Å². The fourth-order valence-corrected chi connectivity index (χ4v) is 4.27. The van der Waals surface area contributed by atoms with Gasteiger partial charge in [0.15, 0.2) is 0 Å². The molecule has 4 rings (SSSR count). The van der Waals surface area contributed by atoms with Crippen LogP contribution in [0.3, 0.4) is 0 Å². The van der Waals surface area contributed by atoms with Crippen LogP contribution in [0.15, 0.2) is 54.6 Å². The Morgan fingerprint density at radius 2 is 1.52 bits per heavy atom. The number of rotatable bonds is 5. The maximum absolute atomic E-state index is 5.61. The van der Waals surface area contributed by atoms with Crippen LogP contribution in [-0.4, -0.2) is 21.4 Å². The first-order chi connectivity index (χ1) is 14.0. The summed E-state index contributed by atoms with van der Waals surface area (Å²) in [4.78, 5) is 0. The lowest BCUT2D eigenvalue weighted by molar-refractivity contribution is 0.340. The van der Waals surface area contributed by atoms with Crippen molar-refractivity contribution in [1.82, 2.24) is 14.8 Å². The number of aryl methyl sites for hydroxylation is 3. The minimum Gasteiger partial charge on any atom is -0.494 e. The highest BCUT2D eigenvalue weighted by Crippen LogP contribution is 2.36. The van der Waals surface area contributed by atoms with Gasteiger partial charge in [0.2, 0.25) is 0 Å². The van der Waals surface area contributed by atoms with Gasteiger partial charge < -0.3 is 9.30 Å². The maximum Gasteiger partial charge on any atom is 0.119 e. The zero-order valence-corrected chi connectivity index (χ0v) is 17.7. The van der Waals surface area contributed by atoms with Crippen LogP contribution in [0.5, 0.6) is 5.75 Å². The Balaban J connectivity index is 1.91. The Morgan fingerprint density at radius 1 is 0.862 bits per heavy atom. The van der Waals surface area contributed by atoms with E-state index >= 15 is 0 Å². The van der Waals surface area contributed by atoms with E-state index < -0.39 is 0 Å². The molecular weight excluding hydrogens is 358 g/mol. The monoisotopic (exact) mass is 385 g/mol. The van der Waals surface area contributed by atoms with E-state index in [0.29, 0.717) is 6.61 Å². The van der Waals surface area contributed by atoms with Gasteiger partial charge in [-0.05, 0) is 57.5 Å². The number of nitrogens with zero attached hydrogens (tertiary/aromatic N) is 3. The second-order valence-corrected chi connectivity index (χ2v) is 7.49. The number of fused-ring (bicyclic) bond motifs is 1. The third kappa shape index (κ3) is 3.29. The SMILES string of the molecule is CCOc1ccc(-n2c(C)c3c(C)nnc(C(C)c4ccccc4)c3c2C)cc1. The van der Waals surface area contributed by atoms with Crippen LogP contribution >= 0.6 is 0 Å². The lowest BCUT2D eigenvalue weighted by atomic mass is 9.94. The predicted octanol–water partition coefficient (Wildman–Crippen LogP) is 5.90. The van der Waals surface area contributed by atoms with E-state index in [4.69, 9.17) is 4.74 Å². The minimum absolute atomic E-state index is 0.168. The fraction of sp³-hybridized carbons (Fsp3) is 0.280. The number of hydrogen-bond donors (Lipinski definition) is 0. The van der Waals surface area contributed by atoms with Crippen molar-refractivity contribution in [2.75, 3.05) is 6.61 Å². The zero-order valence-electron chi connectivity index (χ0n) is 17.7. The second-order valence-electron chi connectivity index (χ2n) is 7.49. The molecule has 4 nitrogen and oxygen atoms in total. The first-order valence-corrected chi connectivity index (χ1v) is 10.2. The van der Waals surface area contributed by atoms with E-state index in [-0.39, 0.29) is 5.92 Å². The summed E-state index contributed by atoms with van der Waals surface area (Å²) < 4.78 is 7.91. The van der Waals surface area contributed by atoms with E-state index in [2.05, 4.69) is 71.9 Å². The van der Waals surface area contributed by atoms with Crippen LogP contribution in [0.25, 0.3) is 16.5 Å². The van der Waals surface area contributed by atoms with Crippen molar-refractivity contribution < 1.29 is 4.74 Å². The van der Waals surface area contributed by atoms with Crippen LogP contribution in [-0.2, 0) is 0 Å². The first-order valence-electron chi connectivity index (χ1n) is 10.2. The molecule has 0 aliphatic heterocycles. The third-order valence-electron chi connectivity index (χ3n) is 5.69. The summed E-state index contributed by atoms with van der Waals surface area (Å²) >= 11 is 0. The van der Waals surface area contributed by atoms with E-state index in [1.165, 1.54) is 27.7 Å². The summed E-state index contributed by atoms with van der Waals surface area (Å²) in [6, 6.07) is 18.8. The number of benzene rings is 2. The second kappa shape index (κ2) is 7.70. The van der Waals surface area contributed by atoms with Crippen molar-refractivity contribution in [2.45, 2.75) is 40.5 Å². The van der Waals surface area contributed by atoms with Gasteiger partial charge in [-0.15, -0.1) is 0 Å². The molecule has 0 saturated carbocycles. The summed E-state index contributed by atoms with van der Waals surface area (Å²) in [6.07, 6.45) is 0. The molecule has 0 bridgehead atoms. The van der Waals surface area contributed by atoms with Gasteiger partial charge in [0, 0.05) is 33.8 Å². The number of hydrogen-bond acceptors (Lipinski definition) is 3. The Hall–Kier alpha value is -3.14. The smallest absolute Gasteiger partial charge is 0.119 e. The van der Waals surface area contributed by atoms with Crippen LogP contribution in [0, 0.1) is 20.8 Å². The molecule has 148 valence electrons. The summed E-state index contributed by atoms with van der Waals surface area (Å²) in [7, 11) is 0. The first kappa shape index (κ1) is 19.2. The Bertz CT molecular complexity index is 1140. The van der Waals surface area contributed by atoms with Crippen molar-refractivity contribution in [3.8, 4) is 11.4 Å². The molecule has 29 heavy (non-hydrogen) atoms. The molecule has 1 unspecified atom stereocenters. The van der Waals surface area contributed by atoms with Gasteiger partial charge in [0.1, 0.15) is 5.75 Å². The van der Waals surface area contributed by atoms with Gasteiger partial charge >= 0.3 is 0 Å². The number of aromatic nitrogens is 3. The highest BCUT2D eigenvalue weighted by atomic mass is 16.5. The molecule has 2 aromatic carbocycles. The Morgan fingerprint density at radius 3 is 2.17 bits per heavy atom. The van der Waals surface area contributed by atoms with Crippen LogP contribution < -0.4 is 4.74 Å². The molecular formula is C25H27N3O. The molecule has 0 aliphatic carbocycles. The average molecular weight is 386 g/mol. The largest absolute Gasteiger partial charge is 0.494 e. The van der Waals surface area contributed by atoms with Crippen LogP contribution in [0.1, 0.15) is 48.1 Å². The quantitative estimate of drug-likeness (QED) is 0.430. The van der Waals surface area contributed by atoms with Crippen LogP contribution in [0.2, 0.25) is 0 Å². The summed E-state index contributed by atoms with van der Waals surface area (Å²) in [6.45, 7) is 11.3. The highest BCUT2D eigenvalue weighted by Gasteiger charge is 2.22. The Labute approximate surface area is 172 Å². The molecule has 4 aromatic rings. The molecule has 0 amide bonds. The molecule has 0 saturated heterocycles. The maximum atomic E-state index is 5.61. The van der Waals surface area contributed by atoms with Crippen molar-refractivity contribution in [3.05, 3.63) is 82.9 Å². The highest BCUT2D eigenvalue weighted by molar-refractivity contribution is 5.93. The minimum atomic E-state index is 0.168. The van der Waals surface area contributed by atoms with E-state index in [1.807, 2.05) is 32.0 Å². The van der Waals surface area contributed by atoms with Crippen molar-refractivity contribution in [2.24, 2.45) is 0 Å². The molecule has 0 aliphatic rings. The average Bonchev–Trinajstić information content (AvgIpc) is 3.01. The molecule has 2 aromatic heterocycles. The van der Waals surface area contributed by atoms with E-state index in [0.717, 1.165) is 22.8 Å². The Kier molecular flexibility index (Phi) is 5.10. The van der Waals surface area contributed by atoms with Crippen molar-refractivity contribution in [3.63, 3.8) is 0 Å². The predicted molar refractivity (Wildman–Crippen MR) is 118 cm³/mol. The van der Waals surface area contributed by atoms with Gasteiger partial charge in [0.05, 0.1) is 18.0 Å². The lowest BCUT2D eigenvalue weighted by Gasteiger charge is -2.13. The van der Waals surface area contributed by atoms with Crippen LogP contribution in [0.4, 0.5) is 0 Å². The molecule has 4 heteroatoms. The van der Waals surface area contributed by atoms with E-state index in [9.17, 15) is 0 Å². The summed E-state index contributed by atoms with van der Waals surface area (Å²) in [5.74, 6) is 1.06. The zero-order chi connectivity index (χ0) is 20.5. The molecule has 0 radical (unpaired) electrons. The third-order valence-corrected chi connectivity index (χ3v) is 5.69. The van der Waals surface area contributed by atoms with E-state index in [1.54, 1.807) is 0 Å².